The highest BCUT2D eigenvalue weighted by molar-refractivity contribution is 9.10. The van der Waals surface area contributed by atoms with Gasteiger partial charge in [-0.2, -0.15) is 0 Å². The Balaban J connectivity index is 1.98. The smallest absolute Gasteiger partial charge is 0.312 e. The van der Waals surface area contributed by atoms with Gasteiger partial charge < -0.3 is 10.1 Å². The van der Waals surface area contributed by atoms with Crippen molar-refractivity contribution >= 4 is 56.2 Å². The molecule has 0 saturated carbocycles. The first-order valence-corrected chi connectivity index (χ1v) is 9.37. The van der Waals surface area contributed by atoms with Crippen LogP contribution in [0.25, 0.3) is 6.08 Å². The van der Waals surface area contributed by atoms with Crippen LogP contribution >= 0.6 is 27.7 Å². The number of rotatable bonds is 4. The van der Waals surface area contributed by atoms with Crippen LogP contribution in [0.3, 0.4) is 0 Å². The second kappa shape index (κ2) is 7.93. The van der Waals surface area contributed by atoms with Gasteiger partial charge in [0.25, 0.3) is 5.91 Å². The molecule has 7 nitrogen and oxygen atoms in total. The summed E-state index contributed by atoms with van der Waals surface area (Å²) < 4.78 is 5.71. The number of nitrogens with zero attached hydrogens (tertiary/aromatic N) is 2. The van der Waals surface area contributed by atoms with Crippen LogP contribution in [0.4, 0.5) is 11.4 Å². The lowest BCUT2D eigenvalue weighted by atomic mass is 10.1. The van der Waals surface area contributed by atoms with Crippen molar-refractivity contribution in [1.82, 2.24) is 5.32 Å². The molecule has 2 aromatic carbocycles. The molecule has 0 unspecified atom stereocenters. The summed E-state index contributed by atoms with van der Waals surface area (Å²) in [6, 6.07) is 10.6. The number of carbonyl (C=O) groups excluding carboxylic acids is 1. The number of nitro groups is 1. The van der Waals surface area contributed by atoms with Crippen LogP contribution in [0.5, 0.6) is 5.75 Å². The SMILES string of the molecule is COc1c(/C=C2\SC(=Nc3ccccc3C)NC2=O)cc(Br)cc1[N+](=O)[O-]. The number of hydrogen-bond donors (Lipinski definition) is 1. The minimum Gasteiger partial charge on any atom is -0.490 e. The Labute approximate surface area is 167 Å². The van der Waals surface area contributed by atoms with Crippen molar-refractivity contribution in [1.29, 1.82) is 0 Å². The number of methoxy groups -OCH3 is 1. The lowest BCUT2D eigenvalue weighted by Gasteiger charge is -2.07. The molecule has 0 bridgehead atoms. The minimum atomic E-state index is -0.529. The molecular weight excluding hydrogens is 434 g/mol. The van der Waals surface area contributed by atoms with Gasteiger partial charge in [0.15, 0.2) is 5.17 Å². The Morgan fingerprint density at radius 3 is 2.74 bits per heavy atom. The van der Waals surface area contributed by atoms with Gasteiger partial charge in [0.1, 0.15) is 0 Å². The van der Waals surface area contributed by atoms with Crippen molar-refractivity contribution in [2.75, 3.05) is 7.11 Å². The molecule has 1 heterocycles. The van der Waals surface area contributed by atoms with E-state index in [9.17, 15) is 14.9 Å². The maximum Gasteiger partial charge on any atom is 0.312 e. The van der Waals surface area contributed by atoms with Crippen molar-refractivity contribution in [2.45, 2.75) is 6.92 Å². The molecule has 0 radical (unpaired) electrons. The van der Waals surface area contributed by atoms with Crippen molar-refractivity contribution < 1.29 is 14.5 Å². The monoisotopic (exact) mass is 447 g/mol. The molecular formula is C18H14BrN3O4S. The van der Waals surface area contributed by atoms with Gasteiger partial charge in [-0.25, -0.2) is 4.99 Å². The van der Waals surface area contributed by atoms with Crippen molar-refractivity contribution in [3.05, 3.63) is 67.0 Å². The molecule has 0 spiro atoms. The van der Waals surface area contributed by atoms with Crippen molar-refractivity contribution in [2.24, 2.45) is 4.99 Å². The number of nitro benzene ring substituents is 1. The topological polar surface area (TPSA) is 93.8 Å². The highest BCUT2D eigenvalue weighted by Crippen LogP contribution is 2.38. The zero-order valence-electron chi connectivity index (χ0n) is 14.4. The van der Waals surface area contributed by atoms with Gasteiger partial charge in [0.2, 0.25) is 5.75 Å². The standard InChI is InChI=1S/C18H14BrN3O4S/c1-10-5-3-4-6-13(10)20-18-21-17(23)15(27-18)8-11-7-12(19)9-14(22(24)25)16(11)26-2/h3-9H,1-2H3,(H,20,21,23)/b15-8-. The van der Waals surface area contributed by atoms with Crippen LogP contribution in [0, 0.1) is 17.0 Å². The zero-order chi connectivity index (χ0) is 19.6. The summed E-state index contributed by atoms with van der Waals surface area (Å²) in [5, 5.41) is 14.4. The van der Waals surface area contributed by atoms with Gasteiger partial charge in [0.05, 0.1) is 22.6 Å². The fourth-order valence-electron chi connectivity index (χ4n) is 2.49. The van der Waals surface area contributed by atoms with E-state index >= 15 is 0 Å². The fourth-order valence-corrected chi connectivity index (χ4v) is 3.77. The van der Waals surface area contributed by atoms with E-state index < -0.39 is 4.92 Å². The van der Waals surface area contributed by atoms with Gasteiger partial charge in [-0.1, -0.05) is 34.1 Å². The number of para-hydroxylation sites is 1. The highest BCUT2D eigenvalue weighted by Gasteiger charge is 2.26. The number of amides is 1. The van der Waals surface area contributed by atoms with Gasteiger partial charge in [0, 0.05) is 16.1 Å². The summed E-state index contributed by atoms with van der Waals surface area (Å²) in [5.41, 5.74) is 1.99. The number of carbonyl (C=O) groups is 1. The molecule has 1 aliphatic heterocycles. The third kappa shape index (κ3) is 4.20. The molecule has 2 aromatic rings. The molecule has 1 aliphatic rings. The van der Waals surface area contributed by atoms with Gasteiger partial charge in [-0.05, 0) is 42.5 Å². The average Bonchev–Trinajstić information content (AvgIpc) is 2.95. The molecule has 1 N–H and O–H groups in total. The lowest BCUT2D eigenvalue weighted by Crippen LogP contribution is -2.19. The molecule has 9 heteroatoms. The number of amidine groups is 1. The molecule has 0 aliphatic carbocycles. The van der Waals surface area contributed by atoms with Crippen LogP contribution in [-0.2, 0) is 4.79 Å². The fraction of sp³-hybridized carbons (Fsp3) is 0.111. The van der Waals surface area contributed by atoms with Crippen molar-refractivity contribution in [3.8, 4) is 5.75 Å². The number of benzene rings is 2. The first-order chi connectivity index (χ1) is 12.9. The lowest BCUT2D eigenvalue weighted by molar-refractivity contribution is -0.385. The normalized spacial score (nSPS) is 16.6. The number of halogens is 1. The average molecular weight is 448 g/mol. The van der Waals surface area contributed by atoms with E-state index in [0.717, 1.165) is 11.3 Å². The Morgan fingerprint density at radius 2 is 2.07 bits per heavy atom. The summed E-state index contributed by atoms with van der Waals surface area (Å²) in [5.74, 6) is -0.231. The number of aryl methyl sites for hydroxylation is 1. The summed E-state index contributed by atoms with van der Waals surface area (Å²) in [7, 11) is 1.35. The van der Waals surface area contributed by atoms with Crippen LogP contribution in [-0.4, -0.2) is 23.1 Å². The minimum absolute atomic E-state index is 0.0911. The third-order valence-corrected chi connectivity index (χ3v) is 5.11. The van der Waals surface area contributed by atoms with E-state index in [1.54, 1.807) is 12.1 Å². The van der Waals surface area contributed by atoms with Gasteiger partial charge >= 0.3 is 5.69 Å². The number of thioether (sulfide) groups is 1. The molecule has 27 heavy (non-hydrogen) atoms. The maximum atomic E-state index is 12.3. The van der Waals surface area contributed by atoms with Crippen LogP contribution in [0.1, 0.15) is 11.1 Å². The molecule has 1 saturated heterocycles. The molecule has 0 aromatic heterocycles. The third-order valence-electron chi connectivity index (χ3n) is 3.74. The predicted molar refractivity (Wildman–Crippen MR) is 109 cm³/mol. The van der Waals surface area contributed by atoms with Gasteiger partial charge in [-0.3, -0.25) is 14.9 Å². The molecule has 138 valence electrons. The maximum absolute atomic E-state index is 12.3. The quantitative estimate of drug-likeness (QED) is 0.420. The summed E-state index contributed by atoms with van der Waals surface area (Å²) in [6.07, 6.45) is 1.55. The van der Waals surface area contributed by atoms with Crippen LogP contribution in [0.2, 0.25) is 0 Å². The first kappa shape index (κ1) is 19.1. The largest absolute Gasteiger partial charge is 0.490 e. The van der Waals surface area contributed by atoms with E-state index in [0.29, 0.717) is 20.1 Å². The van der Waals surface area contributed by atoms with E-state index in [2.05, 4.69) is 26.2 Å². The molecule has 0 atom stereocenters. The van der Waals surface area contributed by atoms with Crippen molar-refractivity contribution in [3.63, 3.8) is 0 Å². The Morgan fingerprint density at radius 1 is 1.33 bits per heavy atom. The molecule has 3 rings (SSSR count). The Kier molecular flexibility index (Phi) is 5.62. The van der Waals surface area contributed by atoms with E-state index in [1.165, 1.54) is 24.9 Å². The second-order valence-corrected chi connectivity index (χ2v) is 7.52. The Hall–Kier alpha value is -2.65. The highest BCUT2D eigenvalue weighted by atomic mass is 79.9. The molecule has 1 amide bonds. The van der Waals surface area contributed by atoms with Crippen LogP contribution < -0.4 is 10.1 Å². The second-order valence-electron chi connectivity index (χ2n) is 5.57. The zero-order valence-corrected chi connectivity index (χ0v) is 16.8. The number of nitrogens with one attached hydrogen (secondary N) is 1. The van der Waals surface area contributed by atoms with E-state index in [4.69, 9.17) is 4.74 Å². The molecule has 1 fully saturated rings. The number of ether oxygens (including phenoxy) is 1. The first-order valence-electron chi connectivity index (χ1n) is 7.76. The summed E-state index contributed by atoms with van der Waals surface area (Å²) in [6.45, 7) is 1.93. The van der Waals surface area contributed by atoms with E-state index in [-0.39, 0.29) is 17.3 Å². The number of hydrogen-bond acceptors (Lipinski definition) is 6. The van der Waals surface area contributed by atoms with Crippen LogP contribution in [0.15, 0.2) is 50.8 Å². The Bertz CT molecular complexity index is 1000. The number of aliphatic imine (C=N–C) groups is 1. The predicted octanol–water partition coefficient (Wildman–Crippen LogP) is 4.57. The van der Waals surface area contributed by atoms with E-state index in [1.807, 2.05) is 31.2 Å². The van der Waals surface area contributed by atoms with Gasteiger partial charge in [-0.15, -0.1) is 0 Å². The summed E-state index contributed by atoms with van der Waals surface area (Å²) in [4.78, 5) is 27.9. The summed E-state index contributed by atoms with van der Waals surface area (Å²) >= 11 is 4.42.